The van der Waals surface area contributed by atoms with Gasteiger partial charge in [0.15, 0.2) is 0 Å². The van der Waals surface area contributed by atoms with Crippen LogP contribution in [-0.2, 0) is 5.41 Å². The zero-order valence-corrected chi connectivity index (χ0v) is 36.4. The van der Waals surface area contributed by atoms with Crippen molar-refractivity contribution < 1.29 is 0 Å². The molecule has 2 aliphatic carbocycles. The average molecular weight is 853 g/mol. The Labute approximate surface area is 389 Å². The van der Waals surface area contributed by atoms with Crippen molar-refractivity contribution in [1.82, 2.24) is 19.9 Å². The molecule has 4 aromatic heterocycles. The van der Waals surface area contributed by atoms with Crippen molar-refractivity contribution in [2.45, 2.75) is 5.41 Å². The van der Waals surface area contributed by atoms with Crippen LogP contribution in [0.3, 0.4) is 0 Å². The van der Waals surface area contributed by atoms with Crippen molar-refractivity contribution in [3.8, 4) is 100 Å². The Morgan fingerprint density at radius 2 is 0.537 bits per heavy atom. The van der Waals surface area contributed by atoms with Crippen molar-refractivity contribution >= 4 is 0 Å². The van der Waals surface area contributed by atoms with Gasteiger partial charge in [-0.05, 0) is 150 Å². The lowest BCUT2D eigenvalue weighted by atomic mass is 9.70. The molecule has 0 unspecified atom stereocenters. The predicted octanol–water partition coefficient (Wildman–Crippen LogP) is 15.3. The molecule has 312 valence electrons. The molecule has 0 atom stereocenters. The Kier molecular flexibility index (Phi) is 9.04. The highest BCUT2D eigenvalue weighted by Gasteiger charge is 2.51. The van der Waals surface area contributed by atoms with Gasteiger partial charge in [-0.15, -0.1) is 0 Å². The number of aromatic nitrogens is 4. The summed E-state index contributed by atoms with van der Waals surface area (Å²) in [7, 11) is 0. The zero-order chi connectivity index (χ0) is 44.3. The Hall–Kier alpha value is -8.86. The second-order valence-corrected chi connectivity index (χ2v) is 17.5. The molecule has 0 aliphatic heterocycles. The highest BCUT2D eigenvalue weighted by Crippen LogP contribution is 2.63. The van der Waals surface area contributed by atoms with Gasteiger partial charge in [0.2, 0.25) is 0 Å². The van der Waals surface area contributed by atoms with E-state index >= 15 is 0 Å². The molecule has 0 fully saturated rings. The summed E-state index contributed by atoms with van der Waals surface area (Å²) in [6, 6.07) is 71.4. The molecule has 0 N–H and O–H groups in total. The first-order valence-corrected chi connectivity index (χ1v) is 22.7. The largest absolute Gasteiger partial charge is 0.264 e. The summed E-state index contributed by atoms with van der Waals surface area (Å²) < 4.78 is 0. The van der Waals surface area contributed by atoms with Crippen molar-refractivity contribution in [1.29, 1.82) is 0 Å². The third-order valence-corrected chi connectivity index (χ3v) is 13.8. The van der Waals surface area contributed by atoms with Gasteiger partial charge in [0.1, 0.15) is 0 Å². The quantitative estimate of drug-likeness (QED) is 0.160. The second-order valence-electron chi connectivity index (χ2n) is 17.5. The third-order valence-electron chi connectivity index (χ3n) is 13.8. The average Bonchev–Trinajstić information content (AvgIpc) is 3.88. The van der Waals surface area contributed by atoms with Crippen LogP contribution in [0.5, 0.6) is 0 Å². The van der Waals surface area contributed by atoms with E-state index in [2.05, 4.69) is 202 Å². The SMILES string of the molecule is c1cncc(-c2cncc(-c3cccc(-c4cc(-c5cccc(-c6cncc(-c7cccnc7)c6)c5)cc(-c5ccc6c(c5)C5(c7ccccc7-c7ccccc75)c5ccccc5-6)c4)c3)c2)c1. The summed E-state index contributed by atoms with van der Waals surface area (Å²) in [5.74, 6) is 0. The lowest BCUT2D eigenvalue weighted by Crippen LogP contribution is -2.25. The maximum absolute atomic E-state index is 4.67. The first kappa shape index (κ1) is 38.6. The van der Waals surface area contributed by atoms with Crippen LogP contribution in [0.25, 0.3) is 100 Å². The molecule has 13 rings (SSSR count). The molecule has 7 aromatic carbocycles. The summed E-state index contributed by atoms with van der Waals surface area (Å²) in [4.78, 5) is 18.1. The molecular weight excluding hydrogens is 813 g/mol. The van der Waals surface area contributed by atoms with E-state index in [1.807, 2.05) is 49.3 Å². The molecule has 4 heteroatoms. The molecule has 0 radical (unpaired) electrons. The van der Waals surface area contributed by atoms with Gasteiger partial charge < -0.3 is 0 Å². The van der Waals surface area contributed by atoms with E-state index in [0.29, 0.717) is 0 Å². The molecule has 4 heterocycles. The fraction of sp³-hybridized carbons (Fsp3) is 0.0159. The van der Waals surface area contributed by atoms with Crippen LogP contribution >= 0.6 is 0 Å². The molecular formula is C63H40N4. The number of fused-ring (bicyclic) bond motifs is 10. The van der Waals surface area contributed by atoms with Gasteiger partial charge in [0, 0.05) is 83.0 Å². The number of nitrogens with zero attached hydrogens (tertiary/aromatic N) is 4. The van der Waals surface area contributed by atoms with Crippen molar-refractivity contribution in [2.24, 2.45) is 0 Å². The minimum absolute atomic E-state index is 0.436. The van der Waals surface area contributed by atoms with Crippen LogP contribution in [0.1, 0.15) is 22.3 Å². The smallest absolute Gasteiger partial charge is 0.0725 e. The lowest BCUT2D eigenvalue weighted by Gasteiger charge is -2.30. The summed E-state index contributed by atoms with van der Waals surface area (Å²) in [6.07, 6.45) is 15.1. The number of benzene rings is 7. The van der Waals surface area contributed by atoms with Gasteiger partial charge in [-0.3, -0.25) is 19.9 Å². The van der Waals surface area contributed by atoms with Crippen LogP contribution < -0.4 is 0 Å². The fourth-order valence-electron chi connectivity index (χ4n) is 10.7. The van der Waals surface area contributed by atoms with Gasteiger partial charge in [-0.2, -0.15) is 0 Å². The van der Waals surface area contributed by atoms with E-state index in [9.17, 15) is 0 Å². The Bertz CT molecular complexity index is 3500. The molecule has 0 saturated heterocycles. The van der Waals surface area contributed by atoms with Crippen molar-refractivity contribution in [2.75, 3.05) is 0 Å². The second kappa shape index (κ2) is 15.7. The van der Waals surface area contributed by atoms with E-state index in [1.165, 1.54) is 50.1 Å². The number of rotatable bonds is 7. The molecule has 1 spiro atoms. The van der Waals surface area contributed by atoms with E-state index in [0.717, 1.165) is 72.3 Å². The molecule has 4 nitrogen and oxygen atoms in total. The van der Waals surface area contributed by atoms with E-state index in [1.54, 1.807) is 12.4 Å². The summed E-state index contributed by atoms with van der Waals surface area (Å²) in [5.41, 5.74) is 25.4. The van der Waals surface area contributed by atoms with E-state index < -0.39 is 5.41 Å². The Morgan fingerprint density at radius 3 is 0.970 bits per heavy atom. The molecule has 0 bridgehead atoms. The van der Waals surface area contributed by atoms with E-state index in [-0.39, 0.29) is 0 Å². The van der Waals surface area contributed by atoms with Crippen LogP contribution in [-0.4, -0.2) is 19.9 Å². The Morgan fingerprint density at radius 1 is 0.209 bits per heavy atom. The van der Waals surface area contributed by atoms with E-state index in [4.69, 9.17) is 0 Å². The van der Waals surface area contributed by atoms with Crippen LogP contribution in [0.15, 0.2) is 244 Å². The molecule has 0 amide bonds. The minimum atomic E-state index is -0.436. The predicted molar refractivity (Wildman–Crippen MR) is 272 cm³/mol. The lowest BCUT2D eigenvalue weighted by molar-refractivity contribution is 0.794. The van der Waals surface area contributed by atoms with Gasteiger partial charge in [-0.1, -0.05) is 133 Å². The van der Waals surface area contributed by atoms with Crippen LogP contribution in [0, 0.1) is 0 Å². The topological polar surface area (TPSA) is 51.6 Å². The van der Waals surface area contributed by atoms with Crippen LogP contribution in [0.4, 0.5) is 0 Å². The number of hydrogen-bond acceptors (Lipinski definition) is 4. The fourth-order valence-corrected chi connectivity index (χ4v) is 10.7. The molecule has 0 saturated carbocycles. The van der Waals surface area contributed by atoms with Gasteiger partial charge in [0.25, 0.3) is 0 Å². The van der Waals surface area contributed by atoms with Gasteiger partial charge in [-0.25, -0.2) is 0 Å². The molecule has 11 aromatic rings. The van der Waals surface area contributed by atoms with Gasteiger partial charge in [0.05, 0.1) is 5.41 Å². The highest BCUT2D eigenvalue weighted by molar-refractivity contribution is 5.96. The summed E-state index contributed by atoms with van der Waals surface area (Å²) >= 11 is 0. The number of hydrogen-bond donors (Lipinski definition) is 0. The van der Waals surface area contributed by atoms with Crippen molar-refractivity contribution in [3.63, 3.8) is 0 Å². The maximum Gasteiger partial charge on any atom is 0.0725 e. The normalized spacial score (nSPS) is 12.6. The minimum Gasteiger partial charge on any atom is -0.264 e. The van der Waals surface area contributed by atoms with Crippen molar-refractivity contribution in [3.05, 3.63) is 266 Å². The zero-order valence-electron chi connectivity index (χ0n) is 36.4. The molecule has 2 aliphatic rings. The maximum atomic E-state index is 4.67. The summed E-state index contributed by atoms with van der Waals surface area (Å²) in [5, 5.41) is 0. The van der Waals surface area contributed by atoms with Gasteiger partial charge >= 0.3 is 0 Å². The first-order chi connectivity index (χ1) is 33.2. The third kappa shape index (κ3) is 6.37. The standard InChI is InChI=1S/C63H40N4/c1-4-20-59-55(17-1)56-18-2-5-21-60(56)63(59)61-22-6-3-19-57(61)58-24-23-45(34-62(58)63)50-30-48(41-11-7-13-43(27-41)51-32-53(39-66-37-51)46-15-9-25-64-35-46)29-49(31-50)42-12-8-14-44(28-42)52-33-54(40-67-38-52)47-16-10-26-65-36-47/h1-40H. The molecule has 67 heavy (non-hydrogen) atoms. The summed E-state index contributed by atoms with van der Waals surface area (Å²) in [6.45, 7) is 0. The first-order valence-electron chi connectivity index (χ1n) is 22.7. The highest BCUT2D eigenvalue weighted by atomic mass is 14.6. The number of pyridine rings is 4. The van der Waals surface area contributed by atoms with Crippen LogP contribution in [0.2, 0.25) is 0 Å². The Balaban J connectivity index is 0.986. The monoisotopic (exact) mass is 852 g/mol.